The highest BCUT2D eigenvalue weighted by atomic mass is 16.5. The van der Waals surface area contributed by atoms with Crippen molar-refractivity contribution in [2.75, 3.05) is 20.3 Å². The lowest BCUT2D eigenvalue weighted by molar-refractivity contribution is 0.180. The summed E-state index contributed by atoms with van der Waals surface area (Å²) in [6.45, 7) is 1.51. The third-order valence-electron chi connectivity index (χ3n) is 2.68. The standard InChI is InChI=1S/C10H15N3O2/c1-14-9-3-2-8(12-13-9)10(11)7-4-5-15-6-7/h2-3,7,10H,4-6,11H2,1H3. The smallest absolute Gasteiger partial charge is 0.233 e. The summed E-state index contributed by atoms with van der Waals surface area (Å²) in [7, 11) is 1.56. The van der Waals surface area contributed by atoms with Crippen LogP contribution in [0.3, 0.4) is 0 Å². The Morgan fingerprint density at radius 1 is 1.53 bits per heavy atom. The molecule has 5 nitrogen and oxygen atoms in total. The van der Waals surface area contributed by atoms with Crippen molar-refractivity contribution < 1.29 is 9.47 Å². The first-order valence-corrected chi connectivity index (χ1v) is 5.02. The molecule has 1 aromatic heterocycles. The summed E-state index contributed by atoms with van der Waals surface area (Å²) in [5.74, 6) is 0.862. The Morgan fingerprint density at radius 3 is 2.93 bits per heavy atom. The van der Waals surface area contributed by atoms with Crippen molar-refractivity contribution >= 4 is 0 Å². The van der Waals surface area contributed by atoms with Crippen LogP contribution < -0.4 is 10.5 Å². The summed E-state index contributed by atoms with van der Waals surface area (Å²) in [5, 5.41) is 7.94. The number of aromatic nitrogens is 2. The van der Waals surface area contributed by atoms with Crippen molar-refractivity contribution in [1.29, 1.82) is 0 Å². The fourth-order valence-electron chi connectivity index (χ4n) is 1.69. The fraction of sp³-hybridized carbons (Fsp3) is 0.600. The van der Waals surface area contributed by atoms with Gasteiger partial charge in [0.25, 0.3) is 0 Å². The van der Waals surface area contributed by atoms with E-state index < -0.39 is 0 Å². The van der Waals surface area contributed by atoms with Crippen LogP contribution in [0.5, 0.6) is 5.88 Å². The summed E-state index contributed by atoms with van der Waals surface area (Å²) in [6, 6.07) is 3.54. The van der Waals surface area contributed by atoms with Crippen LogP contribution in [-0.2, 0) is 4.74 Å². The van der Waals surface area contributed by atoms with Gasteiger partial charge in [0.2, 0.25) is 5.88 Å². The second kappa shape index (κ2) is 4.55. The van der Waals surface area contributed by atoms with Crippen LogP contribution >= 0.6 is 0 Å². The minimum Gasteiger partial charge on any atom is -0.480 e. The quantitative estimate of drug-likeness (QED) is 0.786. The van der Waals surface area contributed by atoms with Crippen LogP contribution in [0.2, 0.25) is 0 Å². The maximum atomic E-state index is 6.07. The van der Waals surface area contributed by atoms with E-state index in [9.17, 15) is 0 Å². The number of methoxy groups -OCH3 is 1. The molecule has 2 heterocycles. The van der Waals surface area contributed by atoms with E-state index in [2.05, 4.69) is 10.2 Å². The van der Waals surface area contributed by atoms with Crippen molar-refractivity contribution in [3.8, 4) is 5.88 Å². The molecule has 0 saturated carbocycles. The molecular weight excluding hydrogens is 194 g/mol. The number of nitrogens with two attached hydrogens (primary N) is 1. The molecule has 1 aliphatic heterocycles. The van der Waals surface area contributed by atoms with Crippen LogP contribution in [0.25, 0.3) is 0 Å². The zero-order valence-electron chi connectivity index (χ0n) is 8.72. The average Bonchev–Trinajstić information content (AvgIpc) is 2.82. The van der Waals surface area contributed by atoms with Crippen molar-refractivity contribution in [3.05, 3.63) is 17.8 Å². The first kappa shape index (κ1) is 10.3. The molecule has 2 rings (SSSR count). The first-order chi connectivity index (χ1) is 7.31. The Balaban J connectivity index is 2.07. The van der Waals surface area contributed by atoms with Gasteiger partial charge >= 0.3 is 0 Å². The minimum atomic E-state index is -0.0918. The van der Waals surface area contributed by atoms with E-state index in [1.54, 1.807) is 13.2 Å². The van der Waals surface area contributed by atoms with Crippen LogP contribution in [0.4, 0.5) is 0 Å². The SMILES string of the molecule is COc1ccc(C(N)C2CCOC2)nn1. The Hall–Kier alpha value is -1.20. The molecule has 2 N–H and O–H groups in total. The van der Waals surface area contributed by atoms with E-state index in [0.717, 1.165) is 25.3 Å². The zero-order valence-corrected chi connectivity index (χ0v) is 8.72. The van der Waals surface area contributed by atoms with Crippen LogP contribution in [-0.4, -0.2) is 30.5 Å². The summed E-state index contributed by atoms with van der Waals surface area (Å²) < 4.78 is 10.2. The monoisotopic (exact) mass is 209 g/mol. The molecule has 0 spiro atoms. The molecule has 0 aromatic carbocycles. The average molecular weight is 209 g/mol. The summed E-state index contributed by atoms with van der Waals surface area (Å²) in [6.07, 6.45) is 0.995. The highest BCUT2D eigenvalue weighted by Gasteiger charge is 2.25. The van der Waals surface area contributed by atoms with Gasteiger partial charge in [0.05, 0.1) is 25.5 Å². The minimum absolute atomic E-state index is 0.0918. The van der Waals surface area contributed by atoms with Gasteiger partial charge < -0.3 is 15.2 Å². The van der Waals surface area contributed by atoms with Gasteiger partial charge in [0, 0.05) is 18.6 Å². The van der Waals surface area contributed by atoms with Crippen molar-refractivity contribution in [2.24, 2.45) is 11.7 Å². The highest BCUT2D eigenvalue weighted by molar-refractivity contribution is 5.14. The maximum Gasteiger partial charge on any atom is 0.233 e. The number of hydrogen-bond acceptors (Lipinski definition) is 5. The highest BCUT2D eigenvalue weighted by Crippen LogP contribution is 2.25. The molecule has 1 aromatic rings. The van der Waals surface area contributed by atoms with E-state index in [-0.39, 0.29) is 6.04 Å². The molecule has 2 atom stereocenters. The lowest BCUT2D eigenvalue weighted by Gasteiger charge is -2.16. The van der Waals surface area contributed by atoms with Gasteiger partial charge in [-0.05, 0) is 12.5 Å². The van der Waals surface area contributed by atoms with Gasteiger partial charge in [-0.15, -0.1) is 5.10 Å². The molecule has 0 aliphatic carbocycles. The van der Waals surface area contributed by atoms with Crippen molar-refractivity contribution in [1.82, 2.24) is 10.2 Å². The maximum absolute atomic E-state index is 6.07. The third-order valence-corrected chi connectivity index (χ3v) is 2.68. The lowest BCUT2D eigenvalue weighted by Crippen LogP contribution is -2.23. The Morgan fingerprint density at radius 2 is 2.40 bits per heavy atom. The molecule has 1 aliphatic rings. The molecule has 0 bridgehead atoms. The van der Waals surface area contributed by atoms with Gasteiger partial charge in [-0.3, -0.25) is 0 Å². The third kappa shape index (κ3) is 2.24. The number of hydrogen-bond donors (Lipinski definition) is 1. The van der Waals surface area contributed by atoms with E-state index in [1.807, 2.05) is 6.07 Å². The second-order valence-corrected chi connectivity index (χ2v) is 3.65. The van der Waals surface area contributed by atoms with Crippen LogP contribution in [0, 0.1) is 5.92 Å². The molecule has 5 heteroatoms. The number of nitrogens with zero attached hydrogens (tertiary/aromatic N) is 2. The molecule has 1 fully saturated rings. The first-order valence-electron chi connectivity index (χ1n) is 5.02. The van der Waals surface area contributed by atoms with E-state index in [4.69, 9.17) is 15.2 Å². The molecule has 2 unspecified atom stereocenters. The summed E-state index contributed by atoms with van der Waals surface area (Å²) in [5.41, 5.74) is 6.87. The van der Waals surface area contributed by atoms with Crippen molar-refractivity contribution in [3.63, 3.8) is 0 Å². The Bertz CT molecular complexity index is 309. The van der Waals surface area contributed by atoms with Gasteiger partial charge in [0.15, 0.2) is 0 Å². The van der Waals surface area contributed by atoms with E-state index in [0.29, 0.717) is 11.8 Å². The molecule has 15 heavy (non-hydrogen) atoms. The normalized spacial score (nSPS) is 22.7. The van der Waals surface area contributed by atoms with Gasteiger partial charge in [-0.2, -0.15) is 5.10 Å². The number of ether oxygens (including phenoxy) is 2. The molecule has 1 saturated heterocycles. The summed E-state index contributed by atoms with van der Waals surface area (Å²) >= 11 is 0. The molecule has 0 amide bonds. The number of rotatable bonds is 3. The largest absolute Gasteiger partial charge is 0.480 e. The van der Waals surface area contributed by atoms with Gasteiger partial charge in [0.1, 0.15) is 0 Å². The molecular formula is C10H15N3O2. The van der Waals surface area contributed by atoms with Crippen LogP contribution in [0.15, 0.2) is 12.1 Å². The predicted molar refractivity (Wildman–Crippen MR) is 54.4 cm³/mol. The lowest BCUT2D eigenvalue weighted by atomic mass is 9.97. The van der Waals surface area contributed by atoms with E-state index in [1.165, 1.54) is 0 Å². The fourth-order valence-corrected chi connectivity index (χ4v) is 1.69. The Labute approximate surface area is 88.6 Å². The molecule has 82 valence electrons. The van der Waals surface area contributed by atoms with E-state index >= 15 is 0 Å². The molecule has 0 radical (unpaired) electrons. The van der Waals surface area contributed by atoms with Gasteiger partial charge in [-0.1, -0.05) is 0 Å². The van der Waals surface area contributed by atoms with Crippen molar-refractivity contribution in [2.45, 2.75) is 12.5 Å². The zero-order chi connectivity index (χ0) is 10.7. The second-order valence-electron chi connectivity index (χ2n) is 3.65. The van der Waals surface area contributed by atoms with Crippen LogP contribution in [0.1, 0.15) is 18.2 Å². The predicted octanol–water partition coefficient (Wildman–Crippen LogP) is 0.521. The summed E-state index contributed by atoms with van der Waals surface area (Å²) in [4.78, 5) is 0. The Kier molecular flexibility index (Phi) is 3.13. The van der Waals surface area contributed by atoms with Gasteiger partial charge in [-0.25, -0.2) is 0 Å². The topological polar surface area (TPSA) is 70.3 Å².